The van der Waals surface area contributed by atoms with E-state index >= 15 is 0 Å². The number of ether oxygens (including phenoxy) is 2. The first-order chi connectivity index (χ1) is 9.06. The van der Waals surface area contributed by atoms with Crippen molar-refractivity contribution in [1.82, 2.24) is 0 Å². The number of rotatable bonds is 9. The molecule has 0 amide bonds. The Balaban J connectivity index is 2.50. The molecule has 108 valence electrons. The Labute approximate surface area is 114 Å². The molecule has 19 heavy (non-hydrogen) atoms. The van der Waals surface area contributed by atoms with Gasteiger partial charge in [-0.1, -0.05) is 0 Å². The number of hydrogen-bond donors (Lipinski definition) is 1. The van der Waals surface area contributed by atoms with E-state index in [0.717, 1.165) is 0 Å². The van der Waals surface area contributed by atoms with Gasteiger partial charge in [0, 0.05) is 24.0 Å². The summed E-state index contributed by atoms with van der Waals surface area (Å²) >= 11 is 0. The lowest BCUT2D eigenvalue weighted by Gasteiger charge is -2.15. The van der Waals surface area contributed by atoms with Crippen LogP contribution in [0.2, 0.25) is 0 Å². The van der Waals surface area contributed by atoms with E-state index in [2.05, 4.69) is 0 Å². The maximum absolute atomic E-state index is 11.9. The molecular formula is C12H18O6S. The average molecular weight is 290 g/mol. The number of aromatic carboxylic acids is 1. The van der Waals surface area contributed by atoms with Crippen molar-refractivity contribution in [3.63, 3.8) is 0 Å². The third-order valence-corrected chi connectivity index (χ3v) is 3.45. The molecule has 0 aliphatic carbocycles. The van der Waals surface area contributed by atoms with Crippen LogP contribution in [0.5, 0.6) is 0 Å². The number of carbonyl (C=O) groups is 1. The molecule has 1 aromatic rings. The van der Waals surface area contributed by atoms with Crippen molar-refractivity contribution in [1.29, 1.82) is 0 Å². The molecule has 6 nitrogen and oxygen atoms in total. The minimum atomic E-state index is -1.24. The number of carboxylic acids is 1. The predicted molar refractivity (Wildman–Crippen MR) is 69.4 cm³/mol. The highest BCUT2D eigenvalue weighted by Crippen LogP contribution is 2.11. The SMILES string of the molecule is CCOC(CS(=O)Cc1ccc(C(=O)O)o1)OCC. The van der Waals surface area contributed by atoms with Crippen LogP contribution in [0.4, 0.5) is 0 Å². The fourth-order valence-corrected chi connectivity index (χ4v) is 2.54. The van der Waals surface area contributed by atoms with Crippen LogP contribution in [0.1, 0.15) is 30.2 Å². The van der Waals surface area contributed by atoms with Crippen LogP contribution in [0.25, 0.3) is 0 Å². The minimum absolute atomic E-state index is 0.143. The van der Waals surface area contributed by atoms with E-state index < -0.39 is 23.1 Å². The molecule has 0 saturated carbocycles. The van der Waals surface area contributed by atoms with E-state index in [4.69, 9.17) is 19.0 Å². The Bertz CT molecular complexity index is 422. The first kappa shape index (κ1) is 15.9. The Morgan fingerprint density at radius 2 is 2.00 bits per heavy atom. The van der Waals surface area contributed by atoms with Crippen molar-refractivity contribution >= 4 is 16.8 Å². The zero-order valence-electron chi connectivity index (χ0n) is 11.0. The molecule has 0 aliphatic rings. The normalized spacial score (nSPS) is 12.8. The van der Waals surface area contributed by atoms with Gasteiger partial charge in [-0.25, -0.2) is 4.79 Å². The molecule has 0 aliphatic heterocycles. The van der Waals surface area contributed by atoms with Crippen molar-refractivity contribution < 1.29 is 28.0 Å². The first-order valence-electron chi connectivity index (χ1n) is 5.97. The summed E-state index contributed by atoms with van der Waals surface area (Å²) < 4.78 is 27.5. The topological polar surface area (TPSA) is 86.0 Å². The lowest BCUT2D eigenvalue weighted by Crippen LogP contribution is -2.25. The fourth-order valence-electron chi connectivity index (χ4n) is 1.46. The van der Waals surface area contributed by atoms with E-state index in [-0.39, 0.29) is 17.3 Å². The summed E-state index contributed by atoms with van der Waals surface area (Å²) in [4.78, 5) is 10.6. The summed E-state index contributed by atoms with van der Waals surface area (Å²) in [5, 5.41) is 8.71. The second-order valence-electron chi connectivity index (χ2n) is 3.66. The van der Waals surface area contributed by atoms with Crippen molar-refractivity contribution in [2.24, 2.45) is 0 Å². The summed E-state index contributed by atoms with van der Waals surface area (Å²) in [6, 6.07) is 2.86. The molecule has 7 heteroatoms. The Kier molecular flexibility index (Phi) is 6.75. The molecule has 0 fully saturated rings. The third kappa shape index (κ3) is 5.54. The summed E-state index contributed by atoms with van der Waals surface area (Å²) in [7, 11) is -1.24. The molecule has 0 aromatic carbocycles. The van der Waals surface area contributed by atoms with Gasteiger partial charge >= 0.3 is 5.97 Å². The summed E-state index contributed by atoms with van der Waals surface area (Å²) in [6.07, 6.45) is -0.510. The van der Waals surface area contributed by atoms with Crippen LogP contribution in [0, 0.1) is 0 Å². The van der Waals surface area contributed by atoms with Gasteiger partial charge in [0.05, 0.1) is 11.5 Å². The third-order valence-electron chi connectivity index (χ3n) is 2.20. The Morgan fingerprint density at radius 1 is 1.37 bits per heavy atom. The molecule has 0 radical (unpaired) electrons. The number of carboxylic acid groups (broad SMARTS) is 1. The van der Waals surface area contributed by atoms with Gasteiger partial charge < -0.3 is 19.0 Å². The Morgan fingerprint density at radius 3 is 2.47 bits per heavy atom. The van der Waals surface area contributed by atoms with Crippen molar-refractivity contribution in [3.05, 3.63) is 23.7 Å². The monoisotopic (exact) mass is 290 g/mol. The van der Waals surface area contributed by atoms with Crippen LogP contribution in [-0.2, 0) is 26.0 Å². The summed E-state index contributed by atoms with van der Waals surface area (Å²) in [6.45, 7) is 4.62. The van der Waals surface area contributed by atoms with Crippen LogP contribution in [-0.4, -0.2) is 40.5 Å². The van der Waals surface area contributed by atoms with Gasteiger partial charge in [0.2, 0.25) is 5.76 Å². The molecule has 1 unspecified atom stereocenters. The maximum Gasteiger partial charge on any atom is 0.371 e. The second-order valence-corrected chi connectivity index (χ2v) is 5.16. The quantitative estimate of drug-likeness (QED) is 0.696. The van der Waals surface area contributed by atoms with Crippen LogP contribution < -0.4 is 0 Å². The maximum atomic E-state index is 11.9. The molecule has 1 heterocycles. The lowest BCUT2D eigenvalue weighted by atomic mass is 10.4. The van der Waals surface area contributed by atoms with E-state index in [1.54, 1.807) is 0 Å². The van der Waals surface area contributed by atoms with Crippen LogP contribution >= 0.6 is 0 Å². The molecule has 1 aromatic heterocycles. The van der Waals surface area contributed by atoms with E-state index in [9.17, 15) is 9.00 Å². The van der Waals surface area contributed by atoms with Gasteiger partial charge in [0.25, 0.3) is 0 Å². The average Bonchev–Trinajstić information content (AvgIpc) is 2.78. The smallest absolute Gasteiger partial charge is 0.371 e. The van der Waals surface area contributed by atoms with Gasteiger partial charge in [-0.3, -0.25) is 4.21 Å². The van der Waals surface area contributed by atoms with E-state index in [1.165, 1.54) is 12.1 Å². The van der Waals surface area contributed by atoms with E-state index in [0.29, 0.717) is 19.0 Å². The molecule has 0 bridgehead atoms. The minimum Gasteiger partial charge on any atom is -0.475 e. The van der Waals surface area contributed by atoms with Crippen LogP contribution in [0.3, 0.4) is 0 Å². The number of furan rings is 1. The van der Waals surface area contributed by atoms with Gasteiger partial charge in [0.15, 0.2) is 6.29 Å². The standard InChI is InChI=1S/C12H18O6S/c1-3-16-11(17-4-2)8-19(15)7-9-5-6-10(18-9)12(13)14/h5-6,11H,3-4,7-8H2,1-2H3,(H,13,14). The lowest BCUT2D eigenvalue weighted by molar-refractivity contribution is -0.120. The first-order valence-corrected chi connectivity index (χ1v) is 7.45. The van der Waals surface area contributed by atoms with Crippen LogP contribution in [0.15, 0.2) is 16.5 Å². The molecule has 1 rings (SSSR count). The zero-order valence-corrected chi connectivity index (χ0v) is 11.8. The highest BCUT2D eigenvalue weighted by molar-refractivity contribution is 7.84. The van der Waals surface area contributed by atoms with Gasteiger partial charge in [-0.15, -0.1) is 0 Å². The molecule has 0 saturated heterocycles. The zero-order chi connectivity index (χ0) is 14.3. The highest BCUT2D eigenvalue weighted by Gasteiger charge is 2.16. The molecule has 1 atom stereocenters. The van der Waals surface area contributed by atoms with Crippen molar-refractivity contribution in [2.75, 3.05) is 19.0 Å². The van der Waals surface area contributed by atoms with Crippen molar-refractivity contribution in [2.45, 2.75) is 25.9 Å². The summed E-state index contributed by atoms with van der Waals surface area (Å²) in [5.74, 6) is -0.548. The van der Waals surface area contributed by atoms with Gasteiger partial charge in [-0.05, 0) is 26.0 Å². The van der Waals surface area contributed by atoms with Crippen molar-refractivity contribution in [3.8, 4) is 0 Å². The molecule has 0 spiro atoms. The predicted octanol–water partition coefficient (Wildman–Crippen LogP) is 1.63. The van der Waals surface area contributed by atoms with Gasteiger partial charge in [-0.2, -0.15) is 0 Å². The molecule has 1 N–H and O–H groups in total. The van der Waals surface area contributed by atoms with E-state index in [1.807, 2.05) is 13.8 Å². The Hall–Kier alpha value is -1.18. The molecular weight excluding hydrogens is 272 g/mol. The second kappa shape index (κ2) is 8.08. The highest BCUT2D eigenvalue weighted by atomic mass is 32.2. The summed E-state index contributed by atoms with van der Waals surface area (Å²) in [5.41, 5.74) is 0. The largest absolute Gasteiger partial charge is 0.475 e. The number of hydrogen-bond acceptors (Lipinski definition) is 5. The fraction of sp³-hybridized carbons (Fsp3) is 0.583. The van der Waals surface area contributed by atoms with Gasteiger partial charge in [0.1, 0.15) is 5.76 Å².